The summed E-state index contributed by atoms with van der Waals surface area (Å²) in [6, 6.07) is 9.57. The van der Waals surface area contributed by atoms with Crippen LogP contribution in [0, 0.1) is 6.92 Å². The number of benzene rings is 2. The van der Waals surface area contributed by atoms with Crippen LogP contribution in [0.4, 0.5) is 13.2 Å². The van der Waals surface area contributed by atoms with Crippen LogP contribution in [0.1, 0.15) is 22.3 Å². The molecule has 0 amide bonds. The van der Waals surface area contributed by atoms with Crippen molar-refractivity contribution in [3.05, 3.63) is 64.7 Å². The van der Waals surface area contributed by atoms with Crippen LogP contribution in [0.25, 0.3) is 0 Å². The summed E-state index contributed by atoms with van der Waals surface area (Å²) in [6.07, 6.45) is -4.18. The van der Waals surface area contributed by atoms with Gasteiger partial charge >= 0.3 is 6.18 Å². The van der Waals surface area contributed by atoms with Gasteiger partial charge in [0, 0.05) is 12.8 Å². The molecule has 0 saturated carbocycles. The van der Waals surface area contributed by atoms with Crippen LogP contribution in [0.5, 0.6) is 5.75 Å². The first-order chi connectivity index (χ1) is 10.3. The van der Waals surface area contributed by atoms with Crippen molar-refractivity contribution < 1.29 is 23.1 Å². The first-order valence-electron chi connectivity index (χ1n) is 6.72. The molecule has 0 saturated heterocycles. The second kappa shape index (κ2) is 6.22. The molecule has 0 aliphatic rings. The Morgan fingerprint density at radius 1 is 1.00 bits per heavy atom. The summed E-state index contributed by atoms with van der Waals surface area (Å²) in [6.45, 7) is 1.75. The number of hydrogen-bond donors (Lipinski definition) is 1. The number of alkyl halides is 3. The highest BCUT2D eigenvalue weighted by Crippen LogP contribution is 2.29. The summed E-state index contributed by atoms with van der Waals surface area (Å²) in [5.74, 6) is 0.00263. The van der Waals surface area contributed by atoms with E-state index in [1.54, 1.807) is 19.1 Å². The van der Waals surface area contributed by atoms with Gasteiger partial charge in [0.25, 0.3) is 0 Å². The molecule has 0 fully saturated rings. The van der Waals surface area contributed by atoms with Crippen LogP contribution in [0.3, 0.4) is 0 Å². The van der Waals surface area contributed by atoms with Crippen molar-refractivity contribution >= 4 is 5.78 Å². The molecule has 22 heavy (non-hydrogen) atoms. The molecule has 1 N–H and O–H groups in total. The number of aromatic hydroxyl groups is 1. The van der Waals surface area contributed by atoms with E-state index in [1.165, 1.54) is 18.2 Å². The van der Waals surface area contributed by atoms with Crippen LogP contribution in [-0.4, -0.2) is 10.9 Å². The number of rotatable bonds is 4. The van der Waals surface area contributed by atoms with E-state index in [0.717, 1.165) is 17.7 Å². The highest BCUT2D eigenvalue weighted by atomic mass is 19.4. The zero-order valence-electron chi connectivity index (χ0n) is 11.9. The third-order valence-corrected chi connectivity index (χ3v) is 3.36. The number of Topliss-reactive ketones (excluding diaryl/α,β-unsaturated/α-hetero) is 1. The SMILES string of the molecule is Cc1ccc(CC(=O)Cc2ccc(C(F)(F)F)cc2)cc1O. The predicted octanol–water partition coefficient (Wildman–Crippen LogP) is 4.07. The van der Waals surface area contributed by atoms with Crippen molar-refractivity contribution in [1.82, 2.24) is 0 Å². The van der Waals surface area contributed by atoms with E-state index < -0.39 is 11.7 Å². The van der Waals surface area contributed by atoms with Crippen molar-refractivity contribution in [3.8, 4) is 5.75 Å². The average Bonchev–Trinajstić information content (AvgIpc) is 2.42. The fraction of sp³-hybridized carbons (Fsp3) is 0.235. The number of halogens is 3. The second-order valence-electron chi connectivity index (χ2n) is 5.21. The quantitative estimate of drug-likeness (QED) is 0.924. The third kappa shape index (κ3) is 4.10. The van der Waals surface area contributed by atoms with Gasteiger partial charge in [-0.1, -0.05) is 24.3 Å². The molecule has 2 nitrogen and oxygen atoms in total. The summed E-state index contributed by atoms with van der Waals surface area (Å²) in [5, 5.41) is 9.59. The van der Waals surface area contributed by atoms with Crippen LogP contribution < -0.4 is 0 Å². The molecule has 0 aromatic heterocycles. The molecule has 0 radical (unpaired) electrons. The fourth-order valence-corrected chi connectivity index (χ4v) is 2.09. The summed E-state index contributed by atoms with van der Waals surface area (Å²) < 4.78 is 37.3. The molecule has 0 bridgehead atoms. The Labute approximate surface area is 126 Å². The fourth-order valence-electron chi connectivity index (χ4n) is 2.09. The lowest BCUT2D eigenvalue weighted by molar-refractivity contribution is -0.137. The Morgan fingerprint density at radius 2 is 1.55 bits per heavy atom. The molecule has 0 atom stereocenters. The van der Waals surface area contributed by atoms with E-state index >= 15 is 0 Å². The molecular weight excluding hydrogens is 293 g/mol. The van der Waals surface area contributed by atoms with E-state index in [-0.39, 0.29) is 24.4 Å². The summed E-state index contributed by atoms with van der Waals surface area (Å²) in [7, 11) is 0. The van der Waals surface area contributed by atoms with Crippen LogP contribution >= 0.6 is 0 Å². The van der Waals surface area contributed by atoms with Crippen molar-refractivity contribution in [2.45, 2.75) is 25.9 Å². The minimum atomic E-state index is -4.37. The van der Waals surface area contributed by atoms with Crippen molar-refractivity contribution in [3.63, 3.8) is 0 Å². The van der Waals surface area contributed by atoms with Crippen LogP contribution in [0.15, 0.2) is 42.5 Å². The number of aryl methyl sites for hydroxylation is 1. The molecule has 2 aromatic carbocycles. The number of carbonyl (C=O) groups excluding carboxylic acids is 1. The van der Waals surface area contributed by atoms with Crippen molar-refractivity contribution in [1.29, 1.82) is 0 Å². The van der Waals surface area contributed by atoms with Gasteiger partial charge in [0.15, 0.2) is 0 Å². The largest absolute Gasteiger partial charge is 0.508 e. The van der Waals surface area contributed by atoms with E-state index in [4.69, 9.17) is 0 Å². The van der Waals surface area contributed by atoms with Gasteiger partial charge in [0.2, 0.25) is 0 Å². The molecule has 2 aromatic rings. The lowest BCUT2D eigenvalue weighted by Gasteiger charge is -2.08. The van der Waals surface area contributed by atoms with Gasteiger partial charge in [-0.25, -0.2) is 0 Å². The monoisotopic (exact) mass is 308 g/mol. The molecule has 0 aliphatic carbocycles. The molecule has 0 spiro atoms. The summed E-state index contributed by atoms with van der Waals surface area (Å²) >= 11 is 0. The maximum atomic E-state index is 12.4. The van der Waals surface area contributed by atoms with E-state index in [2.05, 4.69) is 0 Å². The van der Waals surface area contributed by atoms with E-state index in [0.29, 0.717) is 11.1 Å². The zero-order chi connectivity index (χ0) is 16.3. The maximum Gasteiger partial charge on any atom is 0.416 e. The van der Waals surface area contributed by atoms with Gasteiger partial charge in [-0.15, -0.1) is 0 Å². The predicted molar refractivity (Wildman–Crippen MR) is 76.7 cm³/mol. The van der Waals surface area contributed by atoms with E-state index in [9.17, 15) is 23.1 Å². The Balaban J connectivity index is 2.01. The molecule has 2 rings (SSSR count). The number of carbonyl (C=O) groups is 1. The lowest BCUT2D eigenvalue weighted by Crippen LogP contribution is -2.08. The second-order valence-corrected chi connectivity index (χ2v) is 5.21. The van der Waals surface area contributed by atoms with Crippen LogP contribution in [0.2, 0.25) is 0 Å². The lowest BCUT2D eigenvalue weighted by atomic mass is 10.0. The number of phenols is 1. The Morgan fingerprint density at radius 3 is 2.09 bits per heavy atom. The number of phenolic OH excluding ortho intramolecular Hbond substituents is 1. The number of ketones is 1. The molecular formula is C17H15F3O2. The Kier molecular flexibility index (Phi) is 4.54. The first-order valence-corrected chi connectivity index (χ1v) is 6.72. The third-order valence-electron chi connectivity index (χ3n) is 3.36. The Hall–Kier alpha value is -2.30. The zero-order valence-corrected chi connectivity index (χ0v) is 11.9. The normalized spacial score (nSPS) is 11.5. The van der Waals surface area contributed by atoms with Gasteiger partial charge in [0.1, 0.15) is 11.5 Å². The Bertz CT molecular complexity index is 673. The van der Waals surface area contributed by atoms with Gasteiger partial charge in [-0.3, -0.25) is 4.79 Å². The molecule has 0 aliphatic heterocycles. The highest BCUT2D eigenvalue weighted by molar-refractivity contribution is 5.83. The van der Waals surface area contributed by atoms with Gasteiger partial charge in [0.05, 0.1) is 5.56 Å². The van der Waals surface area contributed by atoms with Crippen LogP contribution in [-0.2, 0) is 23.8 Å². The van der Waals surface area contributed by atoms with Gasteiger partial charge in [-0.2, -0.15) is 13.2 Å². The minimum absolute atomic E-state index is 0.0623. The van der Waals surface area contributed by atoms with E-state index in [1.807, 2.05) is 0 Å². The average molecular weight is 308 g/mol. The van der Waals surface area contributed by atoms with Crippen molar-refractivity contribution in [2.24, 2.45) is 0 Å². The summed E-state index contributed by atoms with van der Waals surface area (Å²) in [5.41, 5.74) is 1.21. The highest BCUT2D eigenvalue weighted by Gasteiger charge is 2.29. The van der Waals surface area contributed by atoms with Crippen molar-refractivity contribution in [2.75, 3.05) is 0 Å². The maximum absolute atomic E-state index is 12.4. The summed E-state index contributed by atoms with van der Waals surface area (Å²) in [4.78, 5) is 12.0. The first kappa shape index (κ1) is 16.1. The minimum Gasteiger partial charge on any atom is -0.508 e. The molecule has 0 unspecified atom stereocenters. The number of hydrogen-bond acceptors (Lipinski definition) is 2. The molecule has 0 heterocycles. The smallest absolute Gasteiger partial charge is 0.416 e. The van der Waals surface area contributed by atoms with Gasteiger partial charge < -0.3 is 5.11 Å². The standard InChI is InChI=1S/C17H15F3O2/c1-11-2-3-13(10-16(11)22)9-15(21)8-12-4-6-14(7-5-12)17(18,19)20/h2-7,10,22H,8-9H2,1H3. The molecule has 116 valence electrons. The topological polar surface area (TPSA) is 37.3 Å². The van der Waals surface area contributed by atoms with Gasteiger partial charge in [-0.05, 0) is 41.8 Å². The molecule has 5 heteroatoms.